The average Bonchev–Trinajstić information content (AvgIpc) is 2.95. The predicted octanol–water partition coefficient (Wildman–Crippen LogP) is 4.54. The van der Waals surface area contributed by atoms with Crippen LogP contribution in [0.1, 0.15) is 17.0 Å². The third kappa shape index (κ3) is 3.61. The van der Waals surface area contributed by atoms with Gasteiger partial charge in [0.25, 0.3) is 0 Å². The van der Waals surface area contributed by atoms with Gasteiger partial charge in [0.15, 0.2) is 0 Å². The van der Waals surface area contributed by atoms with Crippen molar-refractivity contribution < 1.29 is 0 Å². The zero-order valence-corrected chi connectivity index (χ0v) is 14.4. The average molecular weight is 388 g/mol. The first-order chi connectivity index (χ1) is 11.2. The molecule has 0 aliphatic heterocycles. The van der Waals surface area contributed by atoms with Crippen LogP contribution in [-0.2, 0) is 12.8 Å². The highest BCUT2D eigenvalue weighted by molar-refractivity contribution is 9.10. The van der Waals surface area contributed by atoms with Gasteiger partial charge in [-0.1, -0.05) is 29.8 Å². The molecule has 0 spiro atoms. The Morgan fingerprint density at radius 2 is 2.04 bits per heavy atom. The van der Waals surface area contributed by atoms with Crippen molar-refractivity contribution in [2.75, 3.05) is 0 Å². The van der Waals surface area contributed by atoms with Gasteiger partial charge in [0.05, 0.1) is 17.3 Å². The van der Waals surface area contributed by atoms with Gasteiger partial charge in [-0.25, -0.2) is 4.98 Å². The Labute approximate surface area is 147 Å². The summed E-state index contributed by atoms with van der Waals surface area (Å²) in [6.45, 7) is 0. The van der Waals surface area contributed by atoms with Gasteiger partial charge in [0.2, 0.25) is 0 Å². The number of aryl methyl sites for hydroxylation is 2. The van der Waals surface area contributed by atoms with Crippen LogP contribution in [0.2, 0.25) is 5.02 Å². The van der Waals surface area contributed by atoms with Crippen molar-refractivity contribution in [2.45, 2.75) is 12.8 Å². The molecule has 1 aromatic carbocycles. The van der Waals surface area contributed by atoms with Gasteiger partial charge in [-0.3, -0.25) is 4.98 Å². The van der Waals surface area contributed by atoms with Crippen molar-refractivity contribution >= 4 is 27.5 Å². The number of pyridine rings is 1. The minimum absolute atomic E-state index is 0.558. The zero-order valence-electron chi connectivity index (χ0n) is 12.1. The molecule has 0 saturated carbocycles. The quantitative estimate of drug-likeness (QED) is 0.714. The molecular formula is C17H12BrClN4. The van der Waals surface area contributed by atoms with Crippen molar-refractivity contribution in [1.82, 2.24) is 15.0 Å². The zero-order chi connectivity index (χ0) is 16.2. The first-order valence-electron chi connectivity index (χ1n) is 7.01. The number of benzene rings is 1. The number of aromatic nitrogens is 3. The minimum atomic E-state index is 0.558. The van der Waals surface area contributed by atoms with Crippen LogP contribution in [0.4, 0.5) is 0 Å². The van der Waals surface area contributed by atoms with Gasteiger partial charge in [0, 0.05) is 17.6 Å². The SMILES string of the molecule is N#Cc1ccnc(-c2nc(CCc3ccccc3Cl)[nH]c2Br)c1. The second kappa shape index (κ2) is 6.95. The normalized spacial score (nSPS) is 10.5. The van der Waals surface area contributed by atoms with Crippen LogP contribution in [-0.4, -0.2) is 15.0 Å². The molecule has 0 saturated heterocycles. The van der Waals surface area contributed by atoms with E-state index in [2.05, 4.69) is 37.0 Å². The van der Waals surface area contributed by atoms with E-state index in [1.54, 1.807) is 18.3 Å². The van der Waals surface area contributed by atoms with E-state index in [1.807, 2.05) is 24.3 Å². The lowest BCUT2D eigenvalue weighted by atomic mass is 10.1. The fourth-order valence-corrected chi connectivity index (χ4v) is 3.02. The second-order valence-electron chi connectivity index (χ2n) is 4.98. The molecule has 3 rings (SSSR count). The van der Waals surface area contributed by atoms with Crippen molar-refractivity contribution in [2.24, 2.45) is 0 Å². The van der Waals surface area contributed by atoms with E-state index in [9.17, 15) is 0 Å². The number of imidazole rings is 1. The fraction of sp³-hybridized carbons (Fsp3) is 0.118. The lowest BCUT2D eigenvalue weighted by Crippen LogP contribution is -1.94. The molecule has 6 heteroatoms. The van der Waals surface area contributed by atoms with E-state index in [0.717, 1.165) is 33.9 Å². The van der Waals surface area contributed by atoms with E-state index >= 15 is 0 Å². The van der Waals surface area contributed by atoms with E-state index in [0.29, 0.717) is 17.0 Å². The molecule has 114 valence electrons. The molecule has 0 atom stereocenters. The molecule has 0 bridgehead atoms. The Kier molecular flexibility index (Phi) is 4.75. The third-order valence-corrected chi connectivity index (χ3v) is 4.37. The lowest BCUT2D eigenvalue weighted by molar-refractivity contribution is 0.883. The molecule has 0 radical (unpaired) electrons. The van der Waals surface area contributed by atoms with Crippen LogP contribution in [0.5, 0.6) is 0 Å². The van der Waals surface area contributed by atoms with Gasteiger partial charge >= 0.3 is 0 Å². The Morgan fingerprint density at radius 1 is 1.22 bits per heavy atom. The van der Waals surface area contributed by atoms with Crippen molar-refractivity contribution in [3.63, 3.8) is 0 Å². The van der Waals surface area contributed by atoms with Crippen LogP contribution >= 0.6 is 27.5 Å². The number of hydrogen-bond acceptors (Lipinski definition) is 3. The maximum atomic E-state index is 8.99. The van der Waals surface area contributed by atoms with E-state index in [4.69, 9.17) is 16.9 Å². The number of nitriles is 1. The lowest BCUT2D eigenvalue weighted by Gasteiger charge is -2.01. The van der Waals surface area contributed by atoms with Crippen LogP contribution in [0.15, 0.2) is 47.2 Å². The summed E-state index contributed by atoms with van der Waals surface area (Å²) in [5, 5.41) is 9.76. The molecule has 0 fully saturated rings. The summed E-state index contributed by atoms with van der Waals surface area (Å²) < 4.78 is 0.759. The van der Waals surface area contributed by atoms with Crippen LogP contribution < -0.4 is 0 Å². The Bertz CT molecular complexity index is 882. The summed E-state index contributed by atoms with van der Waals surface area (Å²) in [6.07, 6.45) is 3.14. The number of rotatable bonds is 4. The Balaban J connectivity index is 1.81. The van der Waals surface area contributed by atoms with Crippen molar-refractivity contribution in [3.05, 3.63) is 69.2 Å². The summed E-state index contributed by atoms with van der Waals surface area (Å²) in [4.78, 5) is 12.1. The Morgan fingerprint density at radius 3 is 2.83 bits per heavy atom. The maximum absolute atomic E-state index is 8.99. The molecule has 0 unspecified atom stereocenters. The van der Waals surface area contributed by atoms with Gasteiger partial charge in [-0.2, -0.15) is 5.26 Å². The molecule has 0 amide bonds. The molecular weight excluding hydrogens is 376 g/mol. The van der Waals surface area contributed by atoms with E-state index in [1.165, 1.54) is 0 Å². The van der Waals surface area contributed by atoms with E-state index < -0.39 is 0 Å². The molecule has 4 nitrogen and oxygen atoms in total. The molecule has 0 aliphatic carbocycles. The molecule has 1 N–H and O–H groups in total. The van der Waals surface area contributed by atoms with Crippen LogP contribution in [0.3, 0.4) is 0 Å². The first-order valence-corrected chi connectivity index (χ1v) is 8.19. The molecule has 23 heavy (non-hydrogen) atoms. The highest BCUT2D eigenvalue weighted by atomic mass is 79.9. The van der Waals surface area contributed by atoms with Crippen LogP contribution in [0.25, 0.3) is 11.4 Å². The topological polar surface area (TPSA) is 65.4 Å². The second-order valence-corrected chi connectivity index (χ2v) is 6.18. The standard InChI is InChI=1S/C17H12BrClN4/c18-17-16(14-9-11(10-20)7-8-21-14)22-15(23-17)6-5-12-3-1-2-4-13(12)19/h1-4,7-9H,5-6H2,(H,22,23). The number of nitrogens with one attached hydrogen (secondary N) is 1. The van der Waals surface area contributed by atoms with Gasteiger partial charge in [0.1, 0.15) is 16.1 Å². The number of nitrogens with zero attached hydrogens (tertiary/aromatic N) is 3. The monoisotopic (exact) mass is 386 g/mol. The van der Waals surface area contributed by atoms with Crippen LogP contribution in [0, 0.1) is 11.3 Å². The first kappa shape index (κ1) is 15.7. The smallest absolute Gasteiger partial charge is 0.121 e. The van der Waals surface area contributed by atoms with Crippen molar-refractivity contribution in [3.8, 4) is 17.5 Å². The van der Waals surface area contributed by atoms with Gasteiger partial charge < -0.3 is 4.98 Å². The summed E-state index contributed by atoms with van der Waals surface area (Å²) in [6, 6.07) is 13.3. The summed E-state index contributed by atoms with van der Waals surface area (Å²) in [5.74, 6) is 0.843. The van der Waals surface area contributed by atoms with E-state index in [-0.39, 0.29) is 0 Å². The number of halogens is 2. The summed E-state index contributed by atoms with van der Waals surface area (Å²) in [5.41, 5.74) is 3.02. The maximum Gasteiger partial charge on any atom is 0.121 e. The van der Waals surface area contributed by atoms with Crippen molar-refractivity contribution in [1.29, 1.82) is 5.26 Å². The highest BCUT2D eigenvalue weighted by Gasteiger charge is 2.12. The Hall–Kier alpha value is -2.16. The predicted molar refractivity (Wildman–Crippen MR) is 93.1 cm³/mol. The fourth-order valence-electron chi connectivity index (χ4n) is 2.27. The van der Waals surface area contributed by atoms with Gasteiger partial charge in [-0.05, 0) is 46.1 Å². The molecule has 0 aliphatic rings. The summed E-state index contributed by atoms with van der Waals surface area (Å²) in [7, 11) is 0. The largest absolute Gasteiger partial charge is 0.336 e. The number of aromatic amines is 1. The third-order valence-electron chi connectivity index (χ3n) is 3.43. The minimum Gasteiger partial charge on any atom is -0.336 e. The highest BCUT2D eigenvalue weighted by Crippen LogP contribution is 2.25. The number of H-pyrrole nitrogens is 1. The number of hydrogen-bond donors (Lipinski definition) is 1. The molecule has 3 aromatic rings. The molecule has 2 aromatic heterocycles. The molecule has 2 heterocycles. The van der Waals surface area contributed by atoms with Gasteiger partial charge in [-0.15, -0.1) is 0 Å². The summed E-state index contributed by atoms with van der Waals surface area (Å²) >= 11 is 9.65.